The number of nitrogens with zero attached hydrogens (tertiary/aromatic N) is 5. The lowest BCUT2D eigenvalue weighted by molar-refractivity contribution is 0.176. The highest BCUT2D eigenvalue weighted by Crippen LogP contribution is 2.33. The lowest BCUT2D eigenvalue weighted by Crippen LogP contribution is -2.37. The van der Waals surface area contributed by atoms with Crippen LogP contribution in [0.1, 0.15) is 23.0 Å². The van der Waals surface area contributed by atoms with Gasteiger partial charge in [0.25, 0.3) is 0 Å². The van der Waals surface area contributed by atoms with Crippen LogP contribution in [-0.2, 0) is 13.1 Å². The molecular weight excluding hydrogens is 402 g/mol. The molecule has 0 aliphatic carbocycles. The molecule has 1 aliphatic heterocycles. The van der Waals surface area contributed by atoms with Gasteiger partial charge in [-0.3, -0.25) is 4.90 Å². The molecule has 3 heterocycles. The first kappa shape index (κ1) is 18.4. The second-order valence-electron chi connectivity index (χ2n) is 7.82. The van der Waals surface area contributed by atoms with E-state index in [4.69, 9.17) is 0 Å². The van der Waals surface area contributed by atoms with Gasteiger partial charge in [-0.25, -0.2) is 4.98 Å². The Morgan fingerprint density at radius 3 is 2.29 bits per heavy atom. The second-order valence-corrected chi connectivity index (χ2v) is 8.71. The van der Waals surface area contributed by atoms with Crippen LogP contribution in [0.25, 0.3) is 21.6 Å². The van der Waals surface area contributed by atoms with Crippen molar-refractivity contribution in [3.05, 3.63) is 101 Å². The predicted octanol–water partition coefficient (Wildman–Crippen LogP) is 5.16. The number of aromatic nitrogens is 4. The highest BCUT2D eigenvalue weighted by Gasteiger charge is 2.28. The topological polar surface area (TPSA) is 46.8 Å². The molecule has 0 bridgehead atoms. The van der Waals surface area contributed by atoms with E-state index >= 15 is 0 Å². The maximum atomic E-state index is 4.58. The van der Waals surface area contributed by atoms with Gasteiger partial charge in [0, 0.05) is 18.7 Å². The maximum Gasteiger partial charge on any atom is 0.164 e. The van der Waals surface area contributed by atoms with Crippen molar-refractivity contribution >= 4 is 21.6 Å². The van der Waals surface area contributed by atoms with E-state index in [9.17, 15) is 0 Å². The Bertz CT molecular complexity index is 1290. The standard InChI is InChI=1S/C25H21N5S/c1-3-7-18(8-4-1)24(19-9-5-2-6-10-19)29-13-14-30-23(16-29)27-28-25(30)20-11-12-21-22(15-20)31-17-26-21/h1-12,15,17,24H,13-14,16H2. The third-order valence-corrected chi connectivity index (χ3v) is 6.76. The van der Waals surface area contributed by atoms with E-state index in [-0.39, 0.29) is 6.04 Å². The number of fused-ring (bicyclic) bond motifs is 2. The van der Waals surface area contributed by atoms with Crippen LogP contribution in [-0.4, -0.2) is 31.2 Å². The van der Waals surface area contributed by atoms with Crippen molar-refractivity contribution in [2.24, 2.45) is 0 Å². The molecule has 0 fully saturated rings. The maximum absolute atomic E-state index is 4.58. The molecule has 0 N–H and O–H groups in total. The van der Waals surface area contributed by atoms with Crippen molar-refractivity contribution in [2.75, 3.05) is 6.54 Å². The summed E-state index contributed by atoms with van der Waals surface area (Å²) in [5.74, 6) is 1.96. The minimum Gasteiger partial charge on any atom is -0.309 e. The van der Waals surface area contributed by atoms with E-state index in [2.05, 4.69) is 104 Å². The van der Waals surface area contributed by atoms with Crippen LogP contribution in [0.4, 0.5) is 0 Å². The van der Waals surface area contributed by atoms with Crippen LogP contribution < -0.4 is 0 Å². The molecule has 0 saturated carbocycles. The van der Waals surface area contributed by atoms with E-state index in [1.54, 1.807) is 11.3 Å². The molecule has 5 aromatic rings. The summed E-state index contributed by atoms with van der Waals surface area (Å²) in [5, 5.41) is 9.15. The lowest BCUT2D eigenvalue weighted by Gasteiger charge is -2.35. The van der Waals surface area contributed by atoms with Crippen LogP contribution in [0.2, 0.25) is 0 Å². The van der Waals surface area contributed by atoms with E-state index < -0.39 is 0 Å². The normalized spacial score (nSPS) is 14.2. The first-order chi connectivity index (χ1) is 15.4. The molecule has 3 aromatic carbocycles. The summed E-state index contributed by atoms with van der Waals surface area (Å²) in [4.78, 5) is 6.89. The number of thiazole rings is 1. The number of hydrogen-bond donors (Lipinski definition) is 0. The fraction of sp³-hybridized carbons (Fsp3) is 0.160. The Balaban J connectivity index is 1.35. The molecule has 6 heteroatoms. The molecule has 0 unspecified atom stereocenters. The van der Waals surface area contributed by atoms with Crippen molar-refractivity contribution in [3.8, 4) is 11.4 Å². The van der Waals surface area contributed by atoms with Crippen LogP contribution >= 0.6 is 11.3 Å². The Morgan fingerprint density at radius 1 is 0.806 bits per heavy atom. The summed E-state index contributed by atoms with van der Waals surface area (Å²) < 4.78 is 3.45. The summed E-state index contributed by atoms with van der Waals surface area (Å²) in [5.41, 5.74) is 6.63. The quantitative estimate of drug-likeness (QED) is 0.401. The van der Waals surface area contributed by atoms with E-state index in [0.29, 0.717) is 0 Å². The summed E-state index contributed by atoms with van der Waals surface area (Å²) in [7, 11) is 0. The molecule has 0 atom stereocenters. The van der Waals surface area contributed by atoms with E-state index in [1.807, 2.05) is 5.51 Å². The van der Waals surface area contributed by atoms with Gasteiger partial charge in [-0.05, 0) is 29.3 Å². The Morgan fingerprint density at radius 2 is 1.55 bits per heavy atom. The highest BCUT2D eigenvalue weighted by atomic mass is 32.1. The molecule has 5 nitrogen and oxygen atoms in total. The highest BCUT2D eigenvalue weighted by molar-refractivity contribution is 7.16. The Labute approximate surface area is 184 Å². The largest absolute Gasteiger partial charge is 0.309 e. The second kappa shape index (κ2) is 7.72. The molecule has 6 rings (SSSR count). The van der Waals surface area contributed by atoms with Crippen molar-refractivity contribution in [1.82, 2.24) is 24.6 Å². The lowest BCUT2D eigenvalue weighted by atomic mass is 9.96. The zero-order chi connectivity index (χ0) is 20.6. The van der Waals surface area contributed by atoms with E-state index in [1.165, 1.54) is 15.8 Å². The van der Waals surface area contributed by atoms with Crippen LogP contribution in [0.5, 0.6) is 0 Å². The molecule has 0 saturated heterocycles. The molecule has 0 amide bonds. The van der Waals surface area contributed by atoms with Crippen molar-refractivity contribution in [1.29, 1.82) is 0 Å². The molecule has 1 aliphatic rings. The monoisotopic (exact) mass is 423 g/mol. The summed E-state index contributed by atoms with van der Waals surface area (Å²) in [6.07, 6.45) is 0. The van der Waals surface area contributed by atoms with Gasteiger partial charge in [0.2, 0.25) is 0 Å². The van der Waals surface area contributed by atoms with Crippen LogP contribution in [0, 0.1) is 0 Å². The smallest absolute Gasteiger partial charge is 0.164 e. The van der Waals surface area contributed by atoms with Crippen LogP contribution in [0.3, 0.4) is 0 Å². The Hall–Kier alpha value is -3.35. The van der Waals surface area contributed by atoms with Crippen molar-refractivity contribution in [2.45, 2.75) is 19.1 Å². The molecular formula is C25H21N5S. The Kier molecular flexibility index (Phi) is 4.59. The van der Waals surface area contributed by atoms with Crippen molar-refractivity contribution < 1.29 is 0 Å². The number of rotatable bonds is 4. The van der Waals surface area contributed by atoms with Gasteiger partial charge >= 0.3 is 0 Å². The summed E-state index contributed by atoms with van der Waals surface area (Å²) in [6, 6.07) is 28.0. The molecule has 152 valence electrons. The molecule has 2 aromatic heterocycles. The SMILES string of the molecule is c1ccc(C(c2ccccc2)N2CCn3c(nnc3-c3ccc4ncsc4c3)C2)cc1. The average molecular weight is 424 g/mol. The first-order valence-electron chi connectivity index (χ1n) is 10.5. The third-order valence-electron chi connectivity index (χ3n) is 5.97. The summed E-state index contributed by atoms with van der Waals surface area (Å²) in [6.45, 7) is 2.58. The number of hydrogen-bond acceptors (Lipinski definition) is 5. The zero-order valence-corrected chi connectivity index (χ0v) is 17.7. The minimum atomic E-state index is 0.199. The fourth-order valence-corrected chi connectivity index (χ4v) is 5.21. The third kappa shape index (κ3) is 3.34. The number of benzene rings is 3. The zero-order valence-electron chi connectivity index (χ0n) is 16.9. The van der Waals surface area contributed by atoms with Crippen molar-refractivity contribution in [3.63, 3.8) is 0 Å². The minimum absolute atomic E-state index is 0.199. The molecule has 0 radical (unpaired) electrons. The molecule has 0 spiro atoms. The average Bonchev–Trinajstić information content (AvgIpc) is 3.47. The van der Waals surface area contributed by atoms with Gasteiger partial charge in [0.1, 0.15) is 5.82 Å². The van der Waals surface area contributed by atoms with Crippen LogP contribution in [0.15, 0.2) is 84.4 Å². The van der Waals surface area contributed by atoms with Gasteiger partial charge in [-0.1, -0.05) is 60.7 Å². The summed E-state index contributed by atoms with van der Waals surface area (Å²) >= 11 is 1.66. The van der Waals surface area contributed by atoms with Gasteiger partial charge < -0.3 is 4.57 Å². The molecule has 31 heavy (non-hydrogen) atoms. The van der Waals surface area contributed by atoms with Gasteiger partial charge in [-0.15, -0.1) is 21.5 Å². The van der Waals surface area contributed by atoms with Gasteiger partial charge in [-0.2, -0.15) is 0 Å². The van der Waals surface area contributed by atoms with E-state index in [0.717, 1.165) is 42.4 Å². The fourth-order valence-electron chi connectivity index (χ4n) is 4.49. The van der Waals surface area contributed by atoms with Gasteiger partial charge in [0.05, 0.1) is 28.3 Å². The predicted molar refractivity (Wildman–Crippen MR) is 124 cm³/mol. The first-order valence-corrected chi connectivity index (χ1v) is 11.3. The van der Waals surface area contributed by atoms with Gasteiger partial charge in [0.15, 0.2) is 5.82 Å².